The van der Waals surface area contributed by atoms with Gasteiger partial charge in [-0.3, -0.25) is 9.69 Å². The van der Waals surface area contributed by atoms with Gasteiger partial charge < -0.3 is 9.64 Å². The number of amides is 1. The van der Waals surface area contributed by atoms with Gasteiger partial charge in [0, 0.05) is 23.0 Å². The molecule has 1 amide bonds. The van der Waals surface area contributed by atoms with Crippen molar-refractivity contribution in [3.05, 3.63) is 105 Å². The van der Waals surface area contributed by atoms with Gasteiger partial charge in [0.1, 0.15) is 12.4 Å². The second-order valence-corrected chi connectivity index (χ2v) is 10.1. The summed E-state index contributed by atoms with van der Waals surface area (Å²) in [6.45, 7) is 2.95. The summed E-state index contributed by atoms with van der Waals surface area (Å²) in [5, 5.41) is 11.5. The predicted octanol–water partition coefficient (Wildman–Crippen LogP) is 6.45. The Bertz CT molecular complexity index is 1300. The molecule has 0 saturated carbocycles. The quantitative estimate of drug-likeness (QED) is 0.402. The highest BCUT2D eigenvalue weighted by atomic mass is 35.5. The number of rotatable bonds is 5. The Labute approximate surface area is 214 Å². The van der Waals surface area contributed by atoms with E-state index in [2.05, 4.69) is 42.2 Å². The van der Waals surface area contributed by atoms with Gasteiger partial charge in [0.15, 0.2) is 0 Å². The molecule has 35 heavy (non-hydrogen) atoms. The van der Waals surface area contributed by atoms with Gasteiger partial charge in [-0.15, -0.1) is 0 Å². The minimum Gasteiger partial charge on any atom is -0.489 e. The molecule has 5 nitrogen and oxygen atoms in total. The molecular weight excluding hydrogens is 478 g/mol. The number of anilines is 1. The van der Waals surface area contributed by atoms with E-state index in [-0.39, 0.29) is 18.2 Å². The monoisotopic (exact) mass is 501 g/mol. The molecule has 0 aromatic heterocycles. The maximum absolute atomic E-state index is 13.2. The number of aryl methyl sites for hydroxylation is 1. The van der Waals surface area contributed by atoms with Crippen molar-refractivity contribution in [2.75, 3.05) is 17.4 Å². The summed E-state index contributed by atoms with van der Waals surface area (Å²) < 4.78 is 5.89. The second-order valence-electron chi connectivity index (χ2n) is 8.68. The van der Waals surface area contributed by atoms with E-state index in [4.69, 9.17) is 16.3 Å². The summed E-state index contributed by atoms with van der Waals surface area (Å²) in [5.74, 6) is 1.22. The molecular formula is C28H24ClN3O2S. The zero-order chi connectivity index (χ0) is 24.4. The molecule has 2 aliphatic rings. The lowest BCUT2D eigenvalue weighted by Gasteiger charge is -2.42. The molecule has 2 heterocycles. The zero-order valence-corrected chi connectivity index (χ0v) is 20.9. The van der Waals surface area contributed by atoms with Crippen molar-refractivity contribution < 1.29 is 9.53 Å². The van der Waals surface area contributed by atoms with Gasteiger partial charge in [-0.05, 0) is 54.4 Å². The summed E-state index contributed by atoms with van der Waals surface area (Å²) in [5.41, 5.74) is 4.91. The fourth-order valence-electron chi connectivity index (χ4n) is 4.31. The normalized spacial score (nSPS) is 17.7. The molecule has 176 valence electrons. The number of carbonyl (C=O) groups is 1. The van der Waals surface area contributed by atoms with Crippen LogP contribution >= 0.6 is 23.4 Å². The van der Waals surface area contributed by atoms with Crippen LogP contribution in [0.15, 0.2) is 83.4 Å². The number of nitriles is 1. The SMILES string of the molecule is Cc1ccc(N2CSC3=C(C#N)[C@H](c4ccc(OCc5ccc(Cl)cc5)cc4)CC(=O)N3C2)cc1. The van der Waals surface area contributed by atoms with Crippen molar-refractivity contribution in [3.8, 4) is 11.8 Å². The Balaban J connectivity index is 1.31. The molecule has 3 aromatic rings. The highest BCUT2D eigenvalue weighted by Gasteiger charge is 2.38. The third-order valence-corrected chi connectivity index (χ3v) is 7.70. The van der Waals surface area contributed by atoms with E-state index in [1.54, 1.807) is 16.7 Å². The number of ether oxygens (including phenoxy) is 1. The van der Waals surface area contributed by atoms with Gasteiger partial charge in [-0.1, -0.05) is 65.3 Å². The zero-order valence-electron chi connectivity index (χ0n) is 19.3. The van der Waals surface area contributed by atoms with Gasteiger partial charge >= 0.3 is 0 Å². The summed E-state index contributed by atoms with van der Waals surface area (Å²) in [6, 6.07) is 25.9. The molecule has 0 aliphatic carbocycles. The van der Waals surface area contributed by atoms with E-state index in [9.17, 15) is 10.1 Å². The highest BCUT2D eigenvalue weighted by Crippen LogP contribution is 2.43. The Morgan fingerprint density at radius 2 is 1.77 bits per heavy atom. The van der Waals surface area contributed by atoms with Gasteiger partial charge in [0.2, 0.25) is 5.91 Å². The van der Waals surface area contributed by atoms with E-state index in [0.29, 0.717) is 29.7 Å². The molecule has 0 radical (unpaired) electrons. The van der Waals surface area contributed by atoms with Crippen molar-refractivity contribution in [3.63, 3.8) is 0 Å². The largest absolute Gasteiger partial charge is 0.489 e. The third kappa shape index (κ3) is 5.02. The molecule has 0 unspecified atom stereocenters. The second kappa shape index (κ2) is 10.1. The van der Waals surface area contributed by atoms with Crippen LogP contribution in [0.5, 0.6) is 5.75 Å². The standard InChI is InChI=1S/C28H24ClN3O2S/c1-19-2-10-23(11-3-19)31-17-32-27(33)14-25(26(15-30)28(32)35-18-31)21-6-12-24(13-7-21)34-16-20-4-8-22(29)9-5-20/h2-13,25H,14,16-18H2,1H3/t25-/m0/s1. The average molecular weight is 502 g/mol. The van der Waals surface area contributed by atoms with Crippen molar-refractivity contribution in [2.45, 2.75) is 25.9 Å². The predicted molar refractivity (Wildman–Crippen MR) is 140 cm³/mol. The van der Waals surface area contributed by atoms with Gasteiger partial charge in [-0.25, -0.2) is 0 Å². The summed E-state index contributed by atoms with van der Waals surface area (Å²) in [7, 11) is 0. The molecule has 2 aliphatic heterocycles. The molecule has 1 saturated heterocycles. The van der Waals surface area contributed by atoms with Crippen LogP contribution in [0, 0.1) is 18.3 Å². The molecule has 0 N–H and O–H groups in total. The van der Waals surface area contributed by atoms with Gasteiger partial charge in [0.05, 0.1) is 29.2 Å². The van der Waals surface area contributed by atoms with Crippen LogP contribution in [0.3, 0.4) is 0 Å². The number of allylic oxidation sites excluding steroid dienone is 1. The minimum absolute atomic E-state index is 0.0383. The van der Waals surface area contributed by atoms with Gasteiger partial charge in [0.25, 0.3) is 0 Å². The lowest BCUT2D eigenvalue weighted by molar-refractivity contribution is -0.129. The van der Waals surface area contributed by atoms with Crippen LogP contribution in [-0.4, -0.2) is 23.4 Å². The number of fused-ring (bicyclic) bond motifs is 1. The van der Waals surface area contributed by atoms with Crippen molar-refractivity contribution in [2.24, 2.45) is 0 Å². The van der Waals surface area contributed by atoms with E-state index < -0.39 is 0 Å². The van der Waals surface area contributed by atoms with Crippen molar-refractivity contribution in [1.82, 2.24) is 4.90 Å². The summed E-state index contributed by atoms with van der Waals surface area (Å²) in [4.78, 5) is 17.1. The summed E-state index contributed by atoms with van der Waals surface area (Å²) in [6.07, 6.45) is 0.277. The Hall–Kier alpha value is -3.40. The molecule has 7 heteroatoms. The minimum atomic E-state index is -0.248. The molecule has 5 rings (SSSR count). The first-order chi connectivity index (χ1) is 17.0. The van der Waals surface area contributed by atoms with Crippen LogP contribution in [0.2, 0.25) is 5.02 Å². The van der Waals surface area contributed by atoms with Crippen molar-refractivity contribution in [1.29, 1.82) is 5.26 Å². The smallest absolute Gasteiger partial charge is 0.229 e. The fraction of sp³-hybridized carbons (Fsp3) is 0.214. The molecule has 1 atom stereocenters. The van der Waals surface area contributed by atoms with Crippen LogP contribution in [0.4, 0.5) is 5.69 Å². The number of thioether (sulfide) groups is 1. The Morgan fingerprint density at radius 1 is 1.06 bits per heavy atom. The van der Waals surface area contributed by atoms with Crippen LogP contribution in [0.1, 0.15) is 29.0 Å². The summed E-state index contributed by atoms with van der Waals surface area (Å²) >= 11 is 7.49. The lowest BCUT2D eigenvalue weighted by atomic mass is 9.86. The first-order valence-corrected chi connectivity index (χ1v) is 12.7. The fourth-order valence-corrected chi connectivity index (χ4v) is 5.60. The van der Waals surface area contributed by atoms with Crippen molar-refractivity contribution >= 4 is 35.0 Å². The van der Waals surface area contributed by atoms with Crippen LogP contribution < -0.4 is 9.64 Å². The van der Waals surface area contributed by atoms with Crippen LogP contribution in [0.25, 0.3) is 0 Å². The third-order valence-electron chi connectivity index (χ3n) is 6.29. The number of carbonyl (C=O) groups excluding carboxylic acids is 1. The number of hydrogen-bond acceptors (Lipinski definition) is 5. The topological polar surface area (TPSA) is 56.6 Å². The van der Waals surface area contributed by atoms with E-state index in [1.807, 2.05) is 48.5 Å². The lowest BCUT2D eigenvalue weighted by Crippen LogP contribution is -2.47. The van der Waals surface area contributed by atoms with Crippen LogP contribution in [-0.2, 0) is 11.4 Å². The first kappa shape index (κ1) is 23.3. The maximum atomic E-state index is 13.2. The number of halogens is 1. The molecule has 3 aromatic carbocycles. The Kier molecular flexibility index (Phi) is 6.72. The number of hydrogen-bond donors (Lipinski definition) is 0. The first-order valence-electron chi connectivity index (χ1n) is 11.4. The molecule has 1 fully saturated rings. The number of nitrogens with zero attached hydrogens (tertiary/aromatic N) is 3. The molecule has 0 spiro atoms. The Morgan fingerprint density at radius 3 is 2.46 bits per heavy atom. The van der Waals surface area contributed by atoms with E-state index in [0.717, 1.165) is 27.6 Å². The number of benzene rings is 3. The molecule has 0 bridgehead atoms. The maximum Gasteiger partial charge on any atom is 0.229 e. The van der Waals surface area contributed by atoms with E-state index in [1.165, 1.54) is 5.56 Å². The van der Waals surface area contributed by atoms with E-state index >= 15 is 0 Å². The van der Waals surface area contributed by atoms with Gasteiger partial charge in [-0.2, -0.15) is 5.26 Å². The average Bonchev–Trinajstić information content (AvgIpc) is 2.89. The highest BCUT2D eigenvalue weighted by molar-refractivity contribution is 8.03.